The van der Waals surface area contributed by atoms with E-state index in [4.69, 9.17) is 15.0 Å². The number of aliphatic imine (C=N–C) groups is 1. The van der Waals surface area contributed by atoms with Crippen molar-refractivity contribution in [2.24, 2.45) is 10.9 Å². The molecule has 1 unspecified atom stereocenters. The average Bonchev–Trinajstić information content (AvgIpc) is 3.31. The van der Waals surface area contributed by atoms with E-state index in [-0.39, 0.29) is 18.6 Å². The number of hydrogen-bond donors (Lipinski definition) is 3. The number of nitrogens with one attached hydrogen (secondary N) is 2. The van der Waals surface area contributed by atoms with Crippen LogP contribution in [0.25, 0.3) is 10.6 Å². The molecule has 0 radical (unpaired) electrons. The van der Waals surface area contributed by atoms with Crippen molar-refractivity contribution in [2.75, 3.05) is 30.8 Å². The third-order valence-corrected chi connectivity index (χ3v) is 8.02. The molecule has 200 valence electrons. The molecule has 0 saturated heterocycles. The summed E-state index contributed by atoms with van der Waals surface area (Å²) in [7, 11) is 1.83. The van der Waals surface area contributed by atoms with Crippen molar-refractivity contribution in [3.8, 4) is 10.6 Å². The highest BCUT2D eigenvalue weighted by Crippen LogP contribution is 2.36. The summed E-state index contributed by atoms with van der Waals surface area (Å²) in [4.78, 5) is 20.5. The van der Waals surface area contributed by atoms with Gasteiger partial charge in [-0.05, 0) is 51.5 Å². The number of nitrogens with zero attached hydrogens (tertiary/aromatic N) is 4. The van der Waals surface area contributed by atoms with Gasteiger partial charge in [0, 0.05) is 25.1 Å². The first kappa shape index (κ1) is 28.7. The molecule has 3 N–H and O–H groups in total. The molecule has 0 bridgehead atoms. The number of aryl methyl sites for hydroxylation is 3. The number of thiazole rings is 1. The molecule has 3 rings (SSSR count). The lowest BCUT2D eigenvalue weighted by molar-refractivity contribution is 0.217. The first-order chi connectivity index (χ1) is 17.8. The number of aliphatic hydroxyl groups excluding tert-OH is 1. The zero-order valence-corrected chi connectivity index (χ0v) is 24.2. The van der Waals surface area contributed by atoms with Crippen molar-refractivity contribution in [3.63, 3.8) is 0 Å². The highest BCUT2D eigenvalue weighted by molar-refractivity contribution is 7.15. The standard InChI is InChI=1S/C29H42N6OS/c1-8-21(17-36)15-16-31-27-25(28-34-26(23(9-2)30-7)24(10-3)37-28)20(6)33-29(35-27)32-19(5)22-13-11-18(4)12-14-22/h11-14,19,21,36H,8-10,15-17H2,1-7H3,(H2,31,32,33,35)/t19-,21?/m1/s1. The summed E-state index contributed by atoms with van der Waals surface area (Å²) < 4.78 is 0. The third kappa shape index (κ3) is 7.14. The second kappa shape index (κ2) is 13.6. The molecule has 2 heterocycles. The van der Waals surface area contributed by atoms with E-state index in [1.165, 1.54) is 16.0 Å². The summed E-state index contributed by atoms with van der Waals surface area (Å²) in [5, 5.41) is 17.6. The summed E-state index contributed by atoms with van der Waals surface area (Å²) in [5.74, 6) is 1.63. The Morgan fingerprint density at radius 1 is 1.08 bits per heavy atom. The van der Waals surface area contributed by atoms with Gasteiger partial charge in [0.25, 0.3) is 0 Å². The minimum Gasteiger partial charge on any atom is -0.396 e. The van der Waals surface area contributed by atoms with Crippen LogP contribution < -0.4 is 10.6 Å². The van der Waals surface area contributed by atoms with Gasteiger partial charge in [-0.1, -0.05) is 57.0 Å². The van der Waals surface area contributed by atoms with Crippen molar-refractivity contribution in [2.45, 2.75) is 73.3 Å². The van der Waals surface area contributed by atoms with E-state index in [9.17, 15) is 5.11 Å². The van der Waals surface area contributed by atoms with Crippen molar-refractivity contribution >= 4 is 28.8 Å². The van der Waals surface area contributed by atoms with E-state index >= 15 is 0 Å². The molecular weight excluding hydrogens is 480 g/mol. The molecule has 0 fully saturated rings. The normalized spacial score (nSPS) is 13.5. The van der Waals surface area contributed by atoms with Crippen LogP contribution in [0.5, 0.6) is 0 Å². The summed E-state index contributed by atoms with van der Waals surface area (Å²) in [6, 6.07) is 8.57. The lowest BCUT2D eigenvalue weighted by Crippen LogP contribution is -2.15. The van der Waals surface area contributed by atoms with Gasteiger partial charge in [0.2, 0.25) is 5.95 Å². The summed E-state index contributed by atoms with van der Waals surface area (Å²) in [5.41, 5.74) is 6.23. The van der Waals surface area contributed by atoms with Crippen LogP contribution >= 0.6 is 11.3 Å². The van der Waals surface area contributed by atoms with Gasteiger partial charge in [-0.25, -0.2) is 9.97 Å². The molecule has 0 aliphatic heterocycles. The lowest BCUT2D eigenvalue weighted by Gasteiger charge is -2.19. The van der Waals surface area contributed by atoms with Crippen LogP contribution in [0.1, 0.15) is 80.4 Å². The highest BCUT2D eigenvalue weighted by Gasteiger charge is 2.22. The van der Waals surface area contributed by atoms with Gasteiger partial charge < -0.3 is 15.7 Å². The molecule has 0 aliphatic carbocycles. The molecule has 0 aliphatic rings. The second-order valence-electron chi connectivity index (χ2n) is 9.47. The fraction of sp³-hybridized carbons (Fsp3) is 0.517. The van der Waals surface area contributed by atoms with Crippen molar-refractivity contribution in [1.29, 1.82) is 0 Å². The zero-order chi connectivity index (χ0) is 26.9. The Kier molecular flexibility index (Phi) is 10.6. The van der Waals surface area contributed by atoms with Gasteiger partial charge in [-0.15, -0.1) is 11.3 Å². The Labute approximate surface area is 225 Å². The molecule has 2 aromatic heterocycles. The molecule has 0 amide bonds. The van der Waals surface area contributed by atoms with Crippen LogP contribution in [0.2, 0.25) is 0 Å². The van der Waals surface area contributed by atoms with Gasteiger partial charge in [0.1, 0.15) is 10.8 Å². The Balaban J connectivity index is 2.00. The van der Waals surface area contributed by atoms with Crippen LogP contribution in [0.15, 0.2) is 29.3 Å². The minimum absolute atomic E-state index is 0.0589. The number of aliphatic hydroxyl groups is 1. The van der Waals surface area contributed by atoms with E-state index in [1.54, 1.807) is 11.3 Å². The molecule has 37 heavy (non-hydrogen) atoms. The first-order valence-electron chi connectivity index (χ1n) is 13.4. The Morgan fingerprint density at radius 2 is 1.81 bits per heavy atom. The highest BCUT2D eigenvalue weighted by atomic mass is 32.1. The van der Waals surface area contributed by atoms with Crippen molar-refractivity contribution < 1.29 is 5.11 Å². The summed E-state index contributed by atoms with van der Waals surface area (Å²) >= 11 is 1.69. The number of anilines is 2. The first-order valence-corrected chi connectivity index (χ1v) is 14.2. The fourth-order valence-electron chi connectivity index (χ4n) is 4.33. The van der Waals surface area contributed by atoms with Gasteiger partial charge in [0.05, 0.1) is 28.7 Å². The lowest BCUT2D eigenvalue weighted by atomic mass is 10.0. The smallest absolute Gasteiger partial charge is 0.225 e. The van der Waals surface area contributed by atoms with Gasteiger partial charge in [-0.2, -0.15) is 4.98 Å². The Hall–Kier alpha value is -2.84. The van der Waals surface area contributed by atoms with Crippen LogP contribution in [-0.4, -0.2) is 46.0 Å². The van der Waals surface area contributed by atoms with E-state index < -0.39 is 0 Å². The minimum atomic E-state index is 0.0589. The molecule has 2 atom stereocenters. The van der Waals surface area contributed by atoms with Crippen molar-refractivity contribution in [3.05, 3.63) is 51.7 Å². The van der Waals surface area contributed by atoms with Gasteiger partial charge in [-0.3, -0.25) is 4.99 Å². The van der Waals surface area contributed by atoms with Gasteiger partial charge in [0.15, 0.2) is 0 Å². The van der Waals surface area contributed by atoms with Crippen molar-refractivity contribution in [1.82, 2.24) is 15.0 Å². The predicted molar refractivity (Wildman–Crippen MR) is 157 cm³/mol. The van der Waals surface area contributed by atoms with E-state index in [0.717, 1.165) is 59.2 Å². The SMILES string of the molecule is CCC(=NC)c1nc(-c2c(C)nc(N[C@H](C)c3ccc(C)cc3)nc2NCCC(CC)CO)sc1CC. The van der Waals surface area contributed by atoms with Crippen LogP contribution in [0.4, 0.5) is 11.8 Å². The average molecular weight is 523 g/mol. The third-order valence-electron chi connectivity index (χ3n) is 6.80. The molecule has 0 saturated carbocycles. The monoisotopic (exact) mass is 522 g/mol. The maximum absolute atomic E-state index is 9.64. The second-order valence-corrected chi connectivity index (χ2v) is 10.6. The largest absolute Gasteiger partial charge is 0.396 e. The molecular formula is C29H42N6OS. The topological polar surface area (TPSA) is 95.3 Å². The van der Waals surface area contributed by atoms with E-state index in [2.05, 4.69) is 74.5 Å². The molecule has 7 nitrogen and oxygen atoms in total. The Morgan fingerprint density at radius 3 is 2.41 bits per heavy atom. The quantitative estimate of drug-likeness (QED) is 0.219. The molecule has 8 heteroatoms. The Bertz CT molecular complexity index is 1180. The van der Waals surface area contributed by atoms with Crippen LogP contribution in [0, 0.1) is 19.8 Å². The molecule has 1 aromatic carbocycles. The number of aromatic nitrogens is 3. The summed E-state index contributed by atoms with van der Waals surface area (Å²) in [6.45, 7) is 13.5. The van der Waals surface area contributed by atoms with E-state index in [0.29, 0.717) is 12.5 Å². The number of rotatable bonds is 13. The number of hydrogen-bond acceptors (Lipinski definition) is 8. The zero-order valence-electron chi connectivity index (χ0n) is 23.4. The van der Waals surface area contributed by atoms with Crippen LogP contribution in [0.3, 0.4) is 0 Å². The maximum Gasteiger partial charge on any atom is 0.225 e. The molecule has 0 spiro atoms. The fourth-order valence-corrected chi connectivity index (χ4v) is 5.45. The number of benzene rings is 1. The van der Waals surface area contributed by atoms with Gasteiger partial charge >= 0.3 is 0 Å². The predicted octanol–water partition coefficient (Wildman–Crippen LogP) is 6.60. The van der Waals surface area contributed by atoms with E-state index in [1.807, 2.05) is 14.0 Å². The van der Waals surface area contributed by atoms with Crippen LogP contribution in [-0.2, 0) is 6.42 Å². The molecule has 3 aromatic rings. The summed E-state index contributed by atoms with van der Waals surface area (Å²) in [6.07, 6.45) is 3.55. The maximum atomic E-state index is 9.64.